The average molecular weight is 305 g/mol. The monoisotopic (exact) mass is 305 g/mol. The maximum Gasteiger partial charge on any atom is 1.00 e. The Hall–Kier alpha value is -0.470. The minimum absolute atomic E-state index is 0. The molecule has 0 aromatic heterocycles. The van der Waals surface area contributed by atoms with Gasteiger partial charge in [0.05, 0.1) is 13.2 Å². The first-order valence-corrected chi connectivity index (χ1v) is 6.72. The summed E-state index contributed by atoms with van der Waals surface area (Å²) in [6.45, 7) is 3.09. The SMILES string of the molecule is NCCNCCNC(COCc1ccccc1)C(=O)O.[H-].[Na+]. The fourth-order valence-electron chi connectivity index (χ4n) is 1.65. The Balaban J connectivity index is 0. The molecule has 0 aliphatic rings. The van der Waals surface area contributed by atoms with Crippen LogP contribution in [0.2, 0.25) is 0 Å². The Kier molecular flexibility index (Phi) is 12.9. The zero-order valence-electron chi connectivity index (χ0n) is 13.5. The van der Waals surface area contributed by atoms with E-state index in [2.05, 4.69) is 10.6 Å². The molecule has 0 aliphatic carbocycles. The Morgan fingerprint density at radius 2 is 2.00 bits per heavy atom. The number of ether oxygens (including phenoxy) is 1. The number of carboxylic acids is 1. The van der Waals surface area contributed by atoms with Crippen LogP contribution in [0.3, 0.4) is 0 Å². The molecule has 0 saturated carbocycles. The largest absolute Gasteiger partial charge is 1.00 e. The van der Waals surface area contributed by atoms with E-state index in [0.29, 0.717) is 26.2 Å². The van der Waals surface area contributed by atoms with Crippen molar-refractivity contribution in [3.63, 3.8) is 0 Å². The van der Waals surface area contributed by atoms with Crippen molar-refractivity contribution in [1.82, 2.24) is 10.6 Å². The van der Waals surface area contributed by atoms with Gasteiger partial charge in [-0.05, 0) is 5.56 Å². The van der Waals surface area contributed by atoms with Gasteiger partial charge in [0, 0.05) is 26.2 Å². The van der Waals surface area contributed by atoms with Gasteiger partial charge in [0.1, 0.15) is 6.04 Å². The van der Waals surface area contributed by atoms with Gasteiger partial charge >= 0.3 is 35.5 Å². The quantitative estimate of drug-likeness (QED) is 0.256. The van der Waals surface area contributed by atoms with Crippen molar-refractivity contribution < 1.29 is 45.6 Å². The first-order chi connectivity index (χ1) is 9.74. The van der Waals surface area contributed by atoms with Gasteiger partial charge in [-0.3, -0.25) is 4.79 Å². The molecule has 0 amide bonds. The van der Waals surface area contributed by atoms with E-state index in [1.165, 1.54) is 0 Å². The summed E-state index contributed by atoms with van der Waals surface area (Å²) < 4.78 is 5.44. The van der Waals surface area contributed by atoms with E-state index >= 15 is 0 Å². The number of hydrogen-bond donors (Lipinski definition) is 4. The zero-order chi connectivity index (χ0) is 14.6. The van der Waals surface area contributed by atoms with E-state index in [0.717, 1.165) is 12.1 Å². The van der Waals surface area contributed by atoms with Crippen molar-refractivity contribution in [3.05, 3.63) is 35.9 Å². The third kappa shape index (κ3) is 9.97. The van der Waals surface area contributed by atoms with Crippen LogP contribution in [0.1, 0.15) is 6.99 Å². The fourth-order valence-corrected chi connectivity index (χ4v) is 1.65. The molecule has 0 saturated heterocycles. The number of nitrogens with one attached hydrogen (secondary N) is 2. The van der Waals surface area contributed by atoms with Crippen molar-refractivity contribution >= 4 is 5.97 Å². The van der Waals surface area contributed by atoms with Crippen molar-refractivity contribution in [3.8, 4) is 0 Å². The molecule has 0 fully saturated rings. The van der Waals surface area contributed by atoms with Gasteiger partial charge in [-0.2, -0.15) is 0 Å². The first-order valence-electron chi connectivity index (χ1n) is 6.72. The summed E-state index contributed by atoms with van der Waals surface area (Å²) in [4.78, 5) is 11.1. The Morgan fingerprint density at radius 1 is 1.29 bits per heavy atom. The van der Waals surface area contributed by atoms with Crippen molar-refractivity contribution in [1.29, 1.82) is 0 Å². The van der Waals surface area contributed by atoms with Gasteiger partial charge in [-0.1, -0.05) is 30.3 Å². The van der Waals surface area contributed by atoms with E-state index in [1.54, 1.807) is 0 Å². The van der Waals surface area contributed by atoms with Crippen LogP contribution in [0.5, 0.6) is 0 Å². The molecule has 0 aliphatic heterocycles. The van der Waals surface area contributed by atoms with Crippen LogP contribution in [-0.4, -0.2) is 49.9 Å². The molecule has 1 unspecified atom stereocenters. The number of carbonyl (C=O) groups is 1. The molecule has 0 heterocycles. The van der Waals surface area contributed by atoms with E-state index in [9.17, 15) is 4.79 Å². The number of aliphatic carboxylic acids is 1. The van der Waals surface area contributed by atoms with Gasteiger partial charge in [0.25, 0.3) is 0 Å². The normalized spacial score (nSPS) is 11.7. The summed E-state index contributed by atoms with van der Waals surface area (Å²) in [7, 11) is 0. The molecule has 0 bridgehead atoms. The first kappa shape index (κ1) is 20.5. The minimum atomic E-state index is -0.906. The number of rotatable bonds is 11. The molecule has 1 aromatic rings. The van der Waals surface area contributed by atoms with E-state index in [4.69, 9.17) is 15.6 Å². The molecule has 114 valence electrons. The van der Waals surface area contributed by atoms with Gasteiger partial charge in [0.15, 0.2) is 0 Å². The smallest absolute Gasteiger partial charge is 1.00 e. The van der Waals surface area contributed by atoms with Crippen LogP contribution < -0.4 is 45.9 Å². The zero-order valence-corrected chi connectivity index (χ0v) is 14.5. The molecule has 21 heavy (non-hydrogen) atoms. The van der Waals surface area contributed by atoms with Gasteiger partial charge < -0.3 is 27.6 Å². The van der Waals surface area contributed by atoms with Gasteiger partial charge in [0.2, 0.25) is 0 Å². The summed E-state index contributed by atoms with van der Waals surface area (Å²) in [6.07, 6.45) is 0. The average Bonchev–Trinajstić information content (AvgIpc) is 2.46. The third-order valence-corrected chi connectivity index (χ3v) is 2.71. The second-order valence-corrected chi connectivity index (χ2v) is 4.38. The van der Waals surface area contributed by atoms with Crippen molar-refractivity contribution in [2.45, 2.75) is 12.6 Å². The summed E-state index contributed by atoms with van der Waals surface area (Å²) >= 11 is 0. The molecule has 5 N–H and O–H groups in total. The predicted octanol–water partition coefficient (Wildman–Crippen LogP) is -3.09. The summed E-state index contributed by atoms with van der Waals surface area (Å²) in [5, 5.41) is 15.1. The van der Waals surface area contributed by atoms with E-state index in [-0.39, 0.29) is 37.6 Å². The molecule has 6 nitrogen and oxygen atoms in total. The minimum Gasteiger partial charge on any atom is -1.00 e. The molecule has 0 spiro atoms. The summed E-state index contributed by atoms with van der Waals surface area (Å²) in [5.74, 6) is -0.906. The van der Waals surface area contributed by atoms with Gasteiger partial charge in [-0.15, -0.1) is 0 Å². The molecule has 1 aromatic carbocycles. The van der Waals surface area contributed by atoms with E-state index < -0.39 is 12.0 Å². The topological polar surface area (TPSA) is 96.6 Å². The maximum absolute atomic E-state index is 11.1. The third-order valence-electron chi connectivity index (χ3n) is 2.71. The Morgan fingerprint density at radius 3 is 2.62 bits per heavy atom. The number of benzene rings is 1. The molecule has 1 rings (SSSR count). The summed E-state index contributed by atoms with van der Waals surface area (Å²) in [6, 6.07) is 8.97. The number of hydrogen-bond acceptors (Lipinski definition) is 5. The van der Waals surface area contributed by atoms with Crippen LogP contribution in [0.25, 0.3) is 0 Å². The van der Waals surface area contributed by atoms with Crippen LogP contribution in [-0.2, 0) is 16.1 Å². The van der Waals surface area contributed by atoms with Gasteiger partial charge in [-0.25, -0.2) is 0 Å². The molecular weight excluding hydrogens is 281 g/mol. The van der Waals surface area contributed by atoms with Crippen molar-refractivity contribution in [2.75, 3.05) is 32.8 Å². The predicted molar refractivity (Wildman–Crippen MR) is 78.6 cm³/mol. The molecular formula is C14H24N3NaO3. The Labute approximate surface area is 149 Å². The van der Waals surface area contributed by atoms with Crippen LogP contribution in [0.4, 0.5) is 0 Å². The fraction of sp³-hybridized carbons (Fsp3) is 0.500. The van der Waals surface area contributed by atoms with Crippen LogP contribution in [0, 0.1) is 0 Å². The van der Waals surface area contributed by atoms with Crippen molar-refractivity contribution in [2.24, 2.45) is 5.73 Å². The summed E-state index contributed by atoms with van der Waals surface area (Å²) in [5.41, 5.74) is 6.37. The van der Waals surface area contributed by atoms with E-state index in [1.807, 2.05) is 30.3 Å². The second-order valence-electron chi connectivity index (χ2n) is 4.38. The number of nitrogens with two attached hydrogens (primary N) is 1. The molecule has 0 radical (unpaired) electrons. The standard InChI is InChI=1S/C14H23N3O3.Na.H/c15-6-7-16-8-9-17-13(14(18)19)11-20-10-12-4-2-1-3-5-12;;/h1-5,13,16-17H,6-11,15H2,(H,18,19);;/q;+1;-1. The van der Waals surface area contributed by atoms with Crippen LogP contribution in [0.15, 0.2) is 30.3 Å². The second kappa shape index (κ2) is 13.2. The maximum atomic E-state index is 11.1. The number of carboxylic acid groups (broad SMARTS) is 1. The molecule has 7 heteroatoms. The Bertz CT molecular complexity index is 385. The van der Waals surface area contributed by atoms with Crippen LogP contribution >= 0.6 is 0 Å². The molecule has 1 atom stereocenters.